The predicted molar refractivity (Wildman–Crippen MR) is 77.9 cm³/mol. The summed E-state index contributed by atoms with van der Waals surface area (Å²) < 4.78 is 1.87. The third kappa shape index (κ3) is 2.81. The summed E-state index contributed by atoms with van der Waals surface area (Å²) in [6, 6.07) is 5.01. The number of nitrogens with one attached hydrogen (secondary N) is 1. The Balaban J connectivity index is 1.65. The highest BCUT2D eigenvalue weighted by atomic mass is 16.2. The number of piperidine rings is 1. The first-order valence-electron chi connectivity index (χ1n) is 6.92. The van der Waals surface area contributed by atoms with Crippen LogP contribution in [0.25, 0.3) is 0 Å². The van der Waals surface area contributed by atoms with Crippen LogP contribution in [0.15, 0.2) is 35.4 Å². The average molecular weight is 287 g/mol. The second kappa shape index (κ2) is 5.43. The van der Waals surface area contributed by atoms with Gasteiger partial charge in [-0.25, -0.2) is 0 Å². The third-order valence-corrected chi connectivity index (χ3v) is 3.78. The molecule has 3 heterocycles. The maximum Gasteiger partial charge on any atom is 0.254 e. The van der Waals surface area contributed by atoms with Crippen LogP contribution >= 0.6 is 0 Å². The van der Waals surface area contributed by atoms with E-state index in [-0.39, 0.29) is 17.5 Å². The Hall–Kier alpha value is -2.57. The number of rotatable bonds is 2. The van der Waals surface area contributed by atoms with Crippen LogP contribution in [0.5, 0.6) is 0 Å². The molecular weight excluding hydrogens is 270 g/mol. The zero-order chi connectivity index (χ0) is 14.8. The van der Waals surface area contributed by atoms with Gasteiger partial charge in [0.05, 0.1) is 6.04 Å². The van der Waals surface area contributed by atoms with Gasteiger partial charge < -0.3 is 15.6 Å². The Morgan fingerprint density at radius 3 is 2.71 bits per heavy atom. The van der Waals surface area contributed by atoms with Crippen LogP contribution in [-0.2, 0) is 0 Å². The van der Waals surface area contributed by atoms with Crippen molar-refractivity contribution in [3.63, 3.8) is 0 Å². The Morgan fingerprint density at radius 2 is 2.10 bits per heavy atom. The van der Waals surface area contributed by atoms with Crippen LogP contribution in [0.4, 0.5) is 5.82 Å². The largest absolute Gasteiger partial charge is 0.382 e. The van der Waals surface area contributed by atoms with Crippen molar-refractivity contribution in [2.45, 2.75) is 18.9 Å². The highest BCUT2D eigenvalue weighted by molar-refractivity contribution is 5.94. The van der Waals surface area contributed by atoms with E-state index in [0.29, 0.717) is 24.5 Å². The molecule has 1 saturated heterocycles. The summed E-state index contributed by atoms with van der Waals surface area (Å²) in [6.45, 7) is 1.30. The molecule has 2 aromatic rings. The molecule has 1 aliphatic rings. The van der Waals surface area contributed by atoms with Crippen LogP contribution in [0.1, 0.15) is 29.2 Å². The molecule has 1 fully saturated rings. The van der Waals surface area contributed by atoms with E-state index in [9.17, 15) is 9.59 Å². The number of pyridine rings is 1. The van der Waals surface area contributed by atoms with Crippen molar-refractivity contribution in [3.8, 4) is 0 Å². The molecule has 0 unspecified atom stereocenters. The second-order valence-electron chi connectivity index (χ2n) is 5.19. The van der Waals surface area contributed by atoms with Crippen molar-refractivity contribution < 1.29 is 4.79 Å². The summed E-state index contributed by atoms with van der Waals surface area (Å²) in [5.41, 5.74) is 5.79. The molecule has 0 aromatic carbocycles. The van der Waals surface area contributed by atoms with Gasteiger partial charge in [0.15, 0.2) is 0 Å². The number of H-pyrrole nitrogens is 1. The third-order valence-electron chi connectivity index (χ3n) is 3.78. The molecule has 2 aromatic heterocycles. The SMILES string of the molecule is Nc1ccn(C2CCN(C(=O)c3cc[nH]c(=O)c3)CC2)n1. The Labute approximate surface area is 121 Å². The van der Waals surface area contributed by atoms with Crippen molar-refractivity contribution in [1.82, 2.24) is 19.7 Å². The van der Waals surface area contributed by atoms with Gasteiger partial charge in [-0.1, -0.05) is 0 Å². The minimum Gasteiger partial charge on any atom is -0.382 e. The first-order chi connectivity index (χ1) is 10.1. The van der Waals surface area contributed by atoms with Gasteiger partial charge in [0.25, 0.3) is 5.91 Å². The quantitative estimate of drug-likeness (QED) is 0.846. The first kappa shape index (κ1) is 13.4. The fourth-order valence-corrected chi connectivity index (χ4v) is 2.65. The normalized spacial score (nSPS) is 16.1. The molecule has 110 valence electrons. The number of anilines is 1. The molecule has 0 radical (unpaired) electrons. The van der Waals surface area contributed by atoms with Gasteiger partial charge in [-0.05, 0) is 25.0 Å². The van der Waals surface area contributed by atoms with E-state index in [1.165, 1.54) is 12.3 Å². The molecule has 0 spiro atoms. The van der Waals surface area contributed by atoms with Gasteiger partial charge in [0.2, 0.25) is 5.56 Å². The number of nitrogen functional groups attached to an aromatic ring is 1. The summed E-state index contributed by atoms with van der Waals surface area (Å²) >= 11 is 0. The molecule has 21 heavy (non-hydrogen) atoms. The fraction of sp³-hybridized carbons (Fsp3) is 0.357. The number of aromatic amines is 1. The van der Waals surface area contributed by atoms with Crippen LogP contribution < -0.4 is 11.3 Å². The van der Waals surface area contributed by atoms with E-state index in [0.717, 1.165) is 12.8 Å². The number of amides is 1. The van der Waals surface area contributed by atoms with Gasteiger partial charge in [-0.3, -0.25) is 14.3 Å². The molecule has 0 aliphatic carbocycles. The minimum absolute atomic E-state index is 0.0977. The second-order valence-corrected chi connectivity index (χ2v) is 5.19. The van der Waals surface area contributed by atoms with Gasteiger partial charge in [0, 0.05) is 37.1 Å². The molecule has 1 aliphatic heterocycles. The Kier molecular flexibility index (Phi) is 3.47. The van der Waals surface area contributed by atoms with Crippen molar-refractivity contribution in [2.75, 3.05) is 18.8 Å². The number of hydrogen-bond donors (Lipinski definition) is 2. The van der Waals surface area contributed by atoms with E-state index in [4.69, 9.17) is 5.73 Å². The number of hydrogen-bond acceptors (Lipinski definition) is 4. The summed E-state index contributed by atoms with van der Waals surface area (Å²) in [5, 5.41) is 4.22. The lowest BCUT2D eigenvalue weighted by atomic mass is 10.0. The van der Waals surface area contributed by atoms with E-state index >= 15 is 0 Å². The summed E-state index contributed by atoms with van der Waals surface area (Å²) in [6.07, 6.45) is 5.02. The molecular formula is C14H17N5O2. The van der Waals surface area contributed by atoms with Crippen LogP contribution in [0.2, 0.25) is 0 Å². The fourth-order valence-electron chi connectivity index (χ4n) is 2.65. The van der Waals surface area contributed by atoms with Crippen LogP contribution in [0, 0.1) is 0 Å². The maximum atomic E-state index is 12.3. The van der Waals surface area contributed by atoms with Crippen molar-refractivity contribution >= 4 is 11.7 Å². The molecule has 7 nitrogen and oxygen atoms in total. The summed E-state index contributed by atoms with van der Waals surface area (Å²) in [5.74, 6) is 0.413. The Morgan fingerprint density at radius 1 is 1.33 bits per heavy atom. The monoisotopic (exact) mass is 287 g/mol. The lowest BCUT2D eigenvalue weighted by Gasteiger charge is -2.32. The van der Waals surface area contributed by atoms with Crippen molar-refractivity contribution in [3.05, 3.63) is 46.5 Å². The van der Waals surface area contributed by atoms with Gasteiger partial charge in [-0.2, -0.15) is 5.10 Å². The molecule has 0 bridgehead atoms. The zero-order valence-electron chi connectivity index (χ0n) is 11.5. The number of likely N-dealkylation sites (tertiary alicyclic amines) is 1. The summed E-state index contributed by atoms with van der Waals surface area (Å²) in [4.78, 5) is 27.9. The molecule has 1 amide bonds. The van der Waals surface area contributed by atoms with Crippen molar-refractivity contribution in [1.29, 1.82) is 0 Å². The zero-order valence-corrected chi connectivity index (χ0v) is 11.5. The molecule has 0 saturated carbocycles. The lowest BCUT2D eigenvalue weighted by Crippen LogP contribution is -2.39. The molecule has 3 rings (SSSR count). The van der Waals surface area contributed by atoms with E-state index in [2.05, 4.69) is 10.1 Å². The number of carbonyl (C=O) groups excluding carboxylic acids is 1. The van der Waals surface area contributed by atoms with Gasteiger partial charge in [-0.15, -0.1) is 0 Å². The average Bonchev–Trinajstić information content (AvgIpc) is 2.93. The molecule has 3 N–H and O–H groups in total. The van der Waals surface area contributed by atoms with Crippen molar-refractivity contribution in [2.24, 2.45) is 0 Å². The number of aromatic nitrogens is 3. The van der Waals surface area contributed by atoms with E-state index in [1.807, 2.05) is 10.9 Å². The maximum absolute atomic E-state index is 12.3. The van der Waals surface area contributed by atoms with E-state index < -0.39 is 0 Å². The first-order valence-corrected chi connectivity index (χ1v) is 6.92. The highest BCUT2D eigenvalue weighted by Crippen LogP contribution is 2.23. The number of nitrogens with two attached hydrogens (primary N) is 1. The highest BCUT2D eigenvalue weighted by Gasteiger charge is 2.25. The lowest BCUT2D eigenvalue weighted by molar-refractivity contribution is 0.0690. The standard InChI is InChI=1S/C14H17N5O2/c15-12-4-8-19(17-12)11-2-6-18(7-3-11)14(21)10-1-5-16-13(20)9-10/h1,4-5,8-9,11H,2-3,6-7H2,(H2,15,17)(H,16,20). The van der Waals surface area contributed by atoms with E-state index in [1.54, 1.807) is 17.0 Å². The molecule has 7 heteroatoms. The summed E-state index contributed by atoms with van der Waals surface area (Å²) in [7, 11) is 0. The van der Waals surface area contributed by atoms with Crippen LogP contribution in [-0.4, -0.2) is 38.7 Å². The topological polar surface area (TPSA) is 97.0 Å². The Bertz CT molecular complexity index is 697. The number of carbonyl (C=O) groups is 1. The number of nitrogens with zero attached hydrogens (tertiary/aromatic N) is 3. The van der Waals surface area contributed by atoms with Crippen LogP contribution in [0.3, 0.4) is 0 Å². The molecule has 0 atom stereocenters. The van der Waals surface area contributed by atoms with Gasteiger partial charge >= 0.3 is 0 Å². The van der Waals surface area contributed by atoms with Gasteiger partial charge in [0.1, 0.15) is 5.82 Å². The predicted octanol–water partition coefficient (Wildman–Crippen LogP) is 0.631. The minimum atomic E-state index is -0.261. The smallest absolute Gasteiger partial charge is 0.254 e.